The molecule has 0 amide bonds. The van der Waals surface area contributed by atoms with Crippen molar-refractivity contribution in [1.29, 1.82) is 0 Å². The molecule has 6 heteroatoms. The maximum absolute atomic E-state index is 5.98. The molecular formula is C12H14ClN3OS. The highest BCUT2D eigenvalue weighted by Crippen LogP contribution is 2.29. The zero-order valence-electron chi connectivity index (χ0n) is 10.7. The van der Waals surface area contributed by atoms with Gasteiger partial charge in [-0.3, -0.25) is 0 Å². The van der Waals surface area contributed by atoms with Gasteiger partial charge in [0.2, 0.25) is 0 Å². The number of hydrogen-bond donors (Lipinski definition) is 0. The zero-order chi connectivity index (χ0) is 13.3. The Morgan fingerprint density at radius 1 is 1.22 bits per heavy atom. The van der Waals surface area contributed by atoms with Crippen LogP contribution >= 0.6 is 23.4 Å². The van der Waals surface area contributed by atoms with E-state index in [1.807, 2.05) is 27.7 Å². The molecule has 0 bridgehead atoms. The fourth-order valence-electron chi connectivity index (χ4n) is 1.30. The topological polar surface area (TPSA) is 51.8 Å². The van der Waals surface area contributed by atoms with Crippen molar-refractivity contribution in [3.8, 4) is 0 Å². The van der Waals surface area contributed by atoms with E-state index in [0.717, 1.165) is 22.3 Å². The predicted molar refractivity (Wildman–Crippen MR) is 71.2 cm³/mol. The summed E-state index contributed by atoms with van der Waals surface area (Å²) in [5.41, 5.74) is 0.890. The van der Waals surface area contributed by atoms with Gasteiger partial charge in [-0.15, -0.1) is 0 Å². The fourth-order valence-corrected chi connectivity index (χ4v) is 2.39. The smallest absolute Gasteiger partial charge is 0.262 e. The maximum Gasteiger partial charge on any atom is 0.262 e. The molecule has 4 nitrogen and oxygen atoms in total. The number of oxazole rings is 1. The summed E-state index contributed by atoms with van der Waals surface area (Å²) in [5, 5.41) is 1.77. The van der Waals surface area contributed by atoms with E-state index in [1.54, 1.807) is 6.07 Å². The van der Waals surface area contributed by atoms with Crippen LogP contribution in [0.15, 0.2) is 20.7 Å². The summed E-state index contributed by atoms with van der Waals surface area (Å²) in [6.45, 7) is 7.85. The molecule has 2 heterocycles. The molecule has 2 aromatic rings. The highest BCUT2D eigenvalue weighted by molar-refractivity contribution is 7.99. The SMILES string of the molecule is Cc1nc(Sc2cc(Cl)nc(C(C)C)n2)oc1C. The number of aromatic nitrogens is 3. The molecule has 0 atom stereocenters. The van der Waals surface area contributed by atoms with Crippen molar-refractivity contribution in [2.45, 2.75) is 43.9 Å². The average molecular weight is 284 g/mol. The van der Waals surface area contributed by atoms with Gasteiger partial charge in [0.15, 0.2) is 0 Å². The van der Waals surface area contributed by atoms with Crippen molar-refractivity contribution in [2.75, 3.05) is 0 Å². The lowest BCUT2D eigenvalue weighted by Crippen LogP contribution is -1.98. The van der Waals surface area contributed by atoms with Crippen LogP contribution < -0.4 is 0 Å². The Morgan fingerprint density at radius 2 is 1.94 bits per heavy atom. The van der Waals surface area contributed by atoms with Crippen LogP contribution in [0.3, 0.4) is 0 Å². The monoisotopic (exact) mass is 283 g/mol. The third kappa shape index (κ3) is 3.03. The Hall–Kier alpha value is -1.07. The molecule has 0 saturated carbocycles. The van der Waals surface area contributed by atoms with Gasteiger partial charge in [-0.1, -0.05) is 25.4 Å². The van der Waals surface area contributed by atoms with Gasteiger partial charge in [-0.2, -0.15) is 0 Å². The quantitative estimate of drug-likeness (QED) is 0.797. The van der Waals surface area contributed by atoms with Gasteiger partial charge in [0.1, 0.15) is 21.8 Å². The minimum absolute atomic E-state index is 0.232. The summed E-state index contributed by atoms with van der Waals surface area (Å²) in [6, 6.07) is 1.72. The van der Waals surface area contributed by atoms with Crippen LogP contribution in [0.5, 0.6) is 0 Å². The summed E-state index contributed by atoms with van der Waals surface area (Å²) >= 11 is 7.34. The molecule has 0 aromatic carbocycles. The summed E-state index contributed by atoms with van der Waals surface area (Å²) in [6.07, 6.45) is 0. The molecule has 0 N–H and O–H groups in total. The first kappa shape index (κ1) is 13.4. The first-order valence-electron chi connectivity index (χ1n) is 5.62. The highest BCUT2D eigenvalue weighted by atomic mass is 35.5. The third-order valence-corrected chi connectivity index (χ3v) is 3.37. The third-order valence-electron chi connectivity index (χ3n) is 2.41. The zero-order valence-corrected chi connectivity index (χ0v) is 12.3. The van der Waals surface area contributed by atoms with E-state index in [-0.39, 0.29) is 5.92 Å². The molecule has 18 heavy (non-hydrogen) atoms. The molecule has 0 fully saturated rings. The van der Waals surface area contributed by atoms with E-state index in [0.29, 0.717) is 10.4 Å². The fraction of sp³-hybridized carbons (Fsp3) is 0.417. The van der Waals surface area contributed by atoms with Gasteiger partial charge in [0.05, 0.1) is 5.69 Å². The summed E-state index contributed by atoms with van der Waals surface area (Å²) < 4.78 is 5.51. The molecular weight excluding hydrogens is 270 g/mol. The highest BCUT2D eigenvalue weighted by Gasteiger charge is 2.12. The first-order valence-corrected chi connectivity index (χ1v) is 6.81. The van der Waals surface area contributed by atoms with Gasteiger partial charge in [-0.25, -0.2) is 15.0 Å². The second-order valence-corrected chi connectivity index (χ2v) is 5.62. The second kappa shape index (κ2) is 5.28. The van der Waals surface area contributed by atoms with Gasteiger partial charge in [0.25, 0.3) is 5.22 Å². The van der Waals surface area contributed by atoms with Crippen molar-refractivity contribution >= 4 is 23.4 Å². The van der Waals surface area contributed by atoms with Crippen LogP contribution in [0.1, 0.15) is 37.0 Å². The summed E-state index contributed by atoms with van der Waals surface area (Å²) in [7, 11) is 0. The van der Waals surface area contributed by atoms with E-state index in [9.17, 15) is 0 Å². The molecule has 0 radical (unpaired) electrons. The van der Waals surface area contributed by atoms with Crippen LogP contribution in [0, 0.1) is 13.8 Å². The van der Waals surface area contributed by atoms with Crippen LogP contribution in [-0.4, -0.2) is 15.0 Å². The standard InChI is InChI=1S/C12H14ClN3OS/c1-6(2)11-15-9(13)5-10(16-11)18-12-14-7(3)8(4)17-12/h5-6H,1-4H3. The molecule has 0 spiro atoms. The molecule has 2 aromatic heterocycles. The van der Waals surface area contributed by atoms with E-state index in [4.69, 9.17) is 16.0 Å². The molecule has 0 aliphatic heterocycles. The lowest BCUT2D eigenvalue weighted by atomic mass is 10.2. The molecule has 0 aliphatic rings. The molecule has 0 aliphatic carbocycles. The Kier molecular flexibility index (Phi) is 3.92. The number of hydrogen-bond acceptors (Lipinski definition) is 5. The van der Waals surface area contributed by atoms with Gasteiger partial charge >= 0.3 is 0 Å². The molecule has 2 rings (SSSR count). The van der Waals surface area contributed by atoms with Crippen LogP contribution in [0.4, 0.5) is 0 Å². The van der Waals surface area contributed by atoms with Gasteiger partial charge in [-0.05, 0) is 25.6 Å². The van der Waals surface area contributed by atoms with E-state index in [2.05, 4.69) is 15.0 Å². The van der Waals surface area contributed by atoms with Crippen LogP contribution in [0.25, 0.3) is 0 Å². The summed E-state index contributed by atoms with van der Waals surface area (Å²) in [4.78, 5) is 12.9. The van der Waals surface area contributed by atoms with Crippen molar-refractivity contribution in [1.82, 2.24) is 15.0 Å². The molecule has 0 unspecified atom stereocenters. The number of halogens is 1. The Morgan fingerprint density at radius 3 is 2.50 bits per heavy atom. The minimum Gasteiger partial charge on any atom is -0.436 e. The molecule has 96 valence electrons. The Balaban J connectivity index is 2.28. The first-order chi connectivity index (χ1) is 8.45. The van der Waals surface area contributed by atoms with Gasteiger partial charge < -0.3 is 4.42 Å². The van der Waals surface area contributed by atoms with Gasteiger partial charge in [0, 0.05) is 12.0 Å². The lowest BCUT2D eigenvalue weighted by molar-refractivity contribution is 0.431. The normalized spacial score (nSPS) is 11.2. The van der Waals surface area contributed by atoms with Crippen molar-refractivity contribution < 1.29 is 4.42 Å². The van der Waals surface area contributed by atoms with Crippen molar-refractivity contribution in [3.63, 3.8) is 0 Å². The van der Waals surface area contributed by atoms with E-state index >= 15 is 0 Å². The van der Waals surface area contributed by atoms with E-state index < -0.39 is 0 Å². The van der Waals surface area contributed by atoms with E-state index in [1.165, 1.54) is 11.8 Å². The predicted octanol–water partition coefficient (Wildman–Crippen LogP) is 4.01. The lowest BCUT2D eigenvalue weighted by Gasteiger charge is -2.05. The largest absolute Gasteiger partial charge is 0.436 e. The number of rotatable bonds is 3. The minimum atomic E-state index is 0.232. The second-order valence-electron chi connectivity index (χ2n) is 4.27. The number of aryl methyl sites for hydroxylation is 2. The average Bonchev–Trinajstić information content (AvgIpc) is 2.56. The van der Waals surface area contributed by atoms with Crippen LogP contribution in [0.2, 0.25) is 5.15 Å². The summed E-state index contributed by atoms with van der Waals surface area (Å²) in [5.74, 6) is 1.78. The Labute approximate surface area is 115 Å². The maximum atomic E-state index is 5.98. The van der Waals surface area contributed by atoms with Crippen molar-refractivity contribution in [3.05, 3.63) is 28.5 Å². The van der Waals surface area contributed by atoms with Crippen LogP contribution in [-0.2, 0) is 0 Å². The Bertz CT molecular complexity index is 549. The molecule has 0 saturated heterocycles. The number of nitrogens with zero attached hydrogens (tertiary/aromatic N) is 3. The van der Waals surface area contributed by atoms with Crippen molar-refractivity contribution in [2.24, 2.45) is 0 Å².